The largest absolute Gasteiger partial charge is 0.366 e. The van der Waals surface area contributed by atoms with E-state index in [4.69, 9.17) is 5.73 Å². The van der Waals surface area contributed by atoms with E-state index in [9.17, 15) is 14.4 Å². The maximum atomic E-state index is 12.4. The molecule has 2 rings (SSSR count). The first-order valence-corrected chi connectivity index (χ1v) is 8.62. The molecule has 0 fully saturated rings. The SMILES string of the molecule is CCc1ccccc1NC(=O)CN(C)C(=O)Nc1cc(C(N)=O)ccc1C. The second-order valence-electron chi connectivity index (χ2n) is 6.24. The molecule has 2 aromatic rings. The molecule has 0 heterocycles. The van der Waals surface area contributed by atoms with E-state index in [1.54, 1.807) is 19.1 Å². The van der Waals surface area contributed by atoms with Gasteiger partial charge in [0.25, 0.3) is 0 Å². The molecule has 0 aliphatic carbocycles. The maximum absolute atomic E-state index is 12.4. The van der Waals surface area contributed by atoms with E-state index < -0.39 is 11.9 Å². The molecule has 0 saturated carbocycles. The zero-order valence-electron chi connectivity index (χ0n) is 15.7. The summed E-state index contributed by atoms with van der Waals surface area (Å²) in [4.78, 5) is 37.2. The monoisotopic (exact) mass is 368 g/mol. The molecular formula is C20H24N4O3. The van der Waals surface area contributed by atoms with Crippen molar-refractivity contribution >= 4 is 29.2 Å². The summed E-state index contributed by atoms with van der Waals surface area (Å²) in [5.74, 6) is -0.871. The second kappa shape index (κ2) is 8.84. The van der Waals surface area contributed by atoms with Gasteiger partial charge in [-0.2, -0.15) is 0 Å². The Hall–Kier alpha value is -3.35. The van der Waals surface area contributed by atoms with Crippen LogP contribution in [-0.2, 0) is 11.2 Å². The number of nitrogens with one attached hydrogen (secondary N) is 2. The zero-order valence-corrected chi connectivity index (χ0v) is 15.7. The number of nitrogens with zero attached hydrogens (tertiary/aromatic N) is 1. The Bertz CT molecular complexity index is 864. The first-order valence-electron chi connectivity index (χ1n) is 8.62. The minimum atomic E-state index is -0.576. The van der Waals surface area contributed by atoms with E-state index >= 15 is 0 Å². The van der Waals surface area contributed by atoms with Crippen LogP contribution in [0.5, 0.6) is 0 Å². The number of carbonyl (C=O) groups excluding carboxylic acids is 3. The minimum absolute atomic E-state index is 0.113. The number of para-hydroxylation sites is 1. The van der Waals surface area contributed by atoms with Gasteiger partial charge in [0.05, 0.1) is 0 Å². The van der Waals surface area contributed by atoms with E-state index in [-0.39, 0.29) is 12.5 Å². The Labute approximate surface area is 158 Å². The van der Waals surface area contributed by atoms with Gasteiger partial charge in [0.15, 0.2) is 0 Å². The molecule has 7 nitrogen and oxygen atoms in total. The third-order valence-electron chi connectivity index (χ3n) is 4.16. The summed E-state index contributed by atoms with van der Waals surface area (Å²) in [6.07, 6.45) is 0.794. The molecule has 0 spiro atoms. The molecule has 7 heteroatoms. The summed E-state index contributed by atoms with van der Waals surface area (Å²) in [6, 6.07) is 11.9. The van der Waals surface area contributed by atoms with Gasteiger partial charge in [0.1, 0.15) is 6.54 Å². The van der Waals surface area contributed by atoms with Crippen molar-refractivity contribution in [3.8, 4) is 0 Å². The van der Waals surface area contributed by atoms with Crippen molar-refractivity contribution in [1.29, 1.82) is 0 Å². The molecule has 142 valence electrons. The molecule has 27 heavy (non-hydrogen) atoms. The van der Waals surface area contributed by atoms with Crippen LogP contribution >= 0.6 is 0 Å². The van der Waals surface area contributed by atoms with Crippen LogP contribution in [-0.4, -0.2) is 36.3 Å². The Morgan fingerprint density at radius 3 is 2.41 bits per heavy atom. The third kappa shape index (κ3) is 5.31. The number of benzene rings is 2. The summed E-state index contributed by atoms with van der Waals surface area (Å²) >= 11 is 0. The van der Waals surface area contributed by atoms with Crippen molar-refractivity contribution in [2.45, 2.75) is 20.3 Å². The molecule has 0 atom stereocenters. The van der Waals surface area contributed by atoms with Crippen LogP contribution in [0.1, 0.15) is 28.4 Å². The number of nitrogens with two attached hydrogens (primary N) is 1. The Balaban J connectivity index is 2.00. The maximum Gasteiger partial charge on any atom is 0.322 e. The van der Waals surface area contributed by atoms with Crippen molar-refractivity contribution in [2.24, 2.45) is 5.73 Å². The molecule has 0 aliphatic rings. The number of urea groups is 1. The average Bonchev–Trinajstić information content (AvgIpc) is 2.63. The van der Waals surface area contributed by atoms with E-state index in [1.807, 2.05) is 31.2 Å². The highest BCUT2D eigenvalue weighted by Crippen LogP contribution is 2.18. The number of aryl methyl sites for hydroxylation is 2. The van der Waals surface area contributed by atoms with Crippen molar-refractivity contribution in [3.63, 3.8) is 0 Å². The van der Waals surface area contributed by atoms with E-state index in [1.165, 1.54) is 18.0 Å². The van der Waals surface area contributed by atoms with Crippen molar-refractivity contribution < 1.29 is 14.4 Å². The van der Waals surface area contributed by atoms with Crippen LogP contribution < -0.4 is 16.4 Å². The first-order chi connectivity index (χ1) is 12.8. The van der Waals surface area contributed by atoms with Crippen LogP contribution in [0.2, 0.25) is 0 Å². The average molecular weight is 368 g/mol. The zero-order chi connectivity index (χ0) is 20.0. The van der Waals surface area contributed by atoms with Crippen LogP contribution in [0.15, 0.2) is 42.5 Å². The van der Waals surface area contributed by atoms with Crippen molar-refractivity contribution in [2.75, 3.05) is 24.2 Å². The predicted molar refractivity (Wildman–Crippen MR) is 106 cm³/mol. The van der Waals surface area contributed by atoms with Crippen LogP contribution in [0, 0.1) is 6.92 Å². The number of primary amides is 1. The number of rotatable bonds is 6. The highest BCUT2D eigenvalue weighted by molar-refractivity contribution is 5.99. The van der Waals surface area contributed by atoms with Gasteiger partial charge in [-0.25, -0.2) is 4.79 Å². The number of anilines is 2. The molecule has 0 unspecified atom stereocenters. The third-order valence-corrected chi connectivity index (χ3v) is 4.16. The van der Waals surface area contributed by atoms with E-state index in [0.29, 0.717) is 11.3 Å². The fourth-order valence-corrected chi connectivity index (χ4v) is 2.55. The molecule has 4 amide bonds. The standard InChI is InChI=1S/C20H24N4O3/c1-4-14-7-5-6-8-16(14)22-18(25)12-24(3)20(27)23-17-11-15(19(21)26)10-9-13(17)2/h5-11H,4,12H2,1-3H3,(H2,21,26)(H,22,25)(H,23,27). The van der Waals surface area contributed by atoms with Crippen molar-refractivity contribution in [3.05, 3.63) is 59.2 Å². The lowest BCUT2D eigenvalue weighted by molar-refractivity contribution is -0.116. The van der Waals surface area contributed by atoms with Crippen molar-refractivity contribution in [1.82, 2.24) is 4.90 Å². The minimum Gasteiger partial charge on any atom is -0.366 e. The van der Waals surface area contributed by atoms with Gasteiger partial charge in [-0.05, 0) is 42.7 Å². The van der Waals surface area contributed by atoms with Crippen LogP contribution in [0.3, 0.4) is 0 Å². The molecule has 0 aliphatic heterocycles. The highest BCUT2D eigenvalue weighted by Gasteiger charge is 2.15. The fraction of sp³-hybridized carbons (Fsp3) is 0.250. The summed E-state index contributed by atoms with van der Waals surface area (Å²) in [5.41, 5.74) is 8.59. The number of hydrogen-bond donors (Lipinski definition) is 3. The Morgan fingerprint density at radius 2 is 1.74 bits per heavy atom. The van der Waals surface area contributed by atoms with Crippen LogP contribution in [0.25, 0.3) is 0 Å². The lowest BCUT2D eigenvalue weighted by atomic mass is 10.1. The van der Waals surface area contributed by atoms with Gasteiger partial charge in [-0.3, -0.25) is 9.59 Å². The molecule has 0 aromatic heterocycles. The smallest absolute Gasteiger partial charge is 0.322 e. The number of likely N-dealkylation sites (N-methyl/N-ethyl adjacent to an activating group) is 1. The predicted octanol–water partition coefficient (Wildman–Crippen LogP) is 2.76. The van der Waals surface area contributed by atoms with Gasteiger partial charge in [-0.1, -0.05) is 31.2 Å². The van der Waals surface area contributed by atoms with Gasteiger partial charge >= 0.3 is 6.03 Å². The second-order valence-corrected chi connectivity index (χ2v) is 6.24. The first kappa shape index (κ1) is 20.0. The topological polar surface area (TPSA) is 105 Å². The highest BCUT2D eigenvalue weighted by atomic mass is 16.2. The molecular weight excluding hydrogens is 344 g/mol. The lowest BCUT2D eigenvalue weighted by Gasteiger charge is -2.19. The fourth-order valence-electron chi connectivity index (χ4n) is 2.55. The molecule has 4 N–H and O–H groups in total. The summed E-state index contributed by atoms with van der Waals surface area (Å²) < 4.78 is 0. The quantitative estimate of drug-likeness (QED) is 0.730. The van der Waals surface area contributed by atoms with Gasteiger partial charge in [0.2, 0.25) is 11.8 Å². The number of carbonyl (C=O) groups is 3. The Morgan fingerprint density at radius 1 is 1.04 bits per heavy atom. The lowest BCUT2D eigenvalue weighted by Crippen LogP contribution is -2.38. The summed E-state index contributed by atoms with van der Waals surface area (Å²) in [6.45, 7) is 3.69. The van der Waals surface area contributed by atoms with Crippen LogP contribution in [0.4, 0.5) is 16.2 Å². The number of hydrogen-bond acceptors (Lipinski definition) is 3. The molecule has 0 radical (unpaired) electrons. The molecule has 0 bridgehead atoms. The number of amides is 4. The summed E-state index contributed by atoms with van der Waals surface area (Å²) in [7, 11) is 1.52. The summed E-state index contributed by atoms with van der Waals surface area (Å²) in [5, 5.41) is 5.52. The van der Waals surface area contributed by atoms with Gasteiger partial charge in [0, 0.05) is 24.0 Å². The van der Waals surface area contributed by atoms with E-state index in [2.05, 4.69) is 10.6 Å². The van der Waals surface area contributed by atoms with Gasteiger partial charge < -0.3 is 21.3 Å². The molecule has 2 aromatic carbocycles. The molecule has 0 saturated heterocycles. The van der Waals surface area contributed by atoms with E-state index in [0.717, 1.165) is 23.2 Å². The Kier molecular flexibility index (Phi) is 6.54. The van der Waals surface area contributed by atoms with Gasteiger partial charge in [-0.15, -0.1) is 0 Å². The normalized spacial score (nSPS) is 10.2.